The van der Waals surface area contributed by atoms with Gasteiger partial charge in [0, 0.05) is 23.7 Å². The summed E-state index contributed by atoms with van der Waals surface area (Å²) in [5.74, 6) is -0.411. The number of aromatic nitrogens is 1. The minimum atomic E-state index is -0.266. The number of likely N-dealkylation sites (N-methyl/N-ethyl adjacent to an activating group) is 1. The first kappa shape index (κ1) is 12.1. The van der Waals surface area contributed by atoms with Crippen molar-refractivity contribution < 1.29 is 9.59 Å². The molecule has 5 nitrogen and oxygen atoms in total. The van der Waals surface area contributed by atoms with Crippen molar-refractivity contribution in [3.05, 3.63) is 24.5 Å². The summed E-state index contributed by atoms with van der Waals surface area (Å²) in [7, 11) is 1.84. The van der Waals surface area contributed by atoms with E-state index in [0.29, 0.717) is 12.8 Å². The van der Waals surface area contributed by atoms with Crippen LogP contribution in [0.4, 0.5) is 0 Å². The summed E-state index contributed by atoms with van der Waals surface area (Å²) < 4.78 is 1.86. The van der Waals surface area contributed by atoms with Crippen LogP contribution in [0.15, 0.2) is 29.4 Å². The summed E-state index contributed by atoms with van der Waals surface area (Å²) in [5, 5.41) is 2.35. The van der Waals surface area contributed by atoms with E-state index in [1.165, 1.54) is 11.9 Å². The second-order valence-electron chi connectivity index (χ2n) is 3.79. The Labute approximate surface area is 104 Å². The molecule has 1 aromatic rings. The number of amides is 2. The van der Waals surface area contributed by atoms with Crippen LogP contribution in [-0.4, -0.2) is 34.2 Å². The zero-order valence-electron chi connectivity index (χ0n) is 9.42. The minimum Gasteiger partial charge on any atom is -0.295 e. The minimum absolute atomic E-state index is 0.189. The lowest BCUT2D eigenvalue weighted by molar-refractivity contribution is -0.135. The summed E-state index contributed by atoms with van der Waals surface area (Å²) in [5.41, 5.74) is 0. The Hall–Kier alpha value is -1.40. The monoisotopic (exact) mass is 251 g/mol. The molecule has 0 saturated carbocycles. The molecule has 1 aliphatic heterocycles. The van der Waals surface area contributed by atoms with Crippen LogP contribution >= 0.6 is 11.9 Å². The summed E-state index contributed by atoms with van der Waals surface area (Å²) in [4.78, 5) is 27.7. The quantitative estimate of drug-likeness (QED) is 0.636. The molecule has 0 bridgehead atoms. The predicted octanol–water partition coefficient (Wildman–Crippen LogP) is 0.826. The van der Waals surface area contributed by atoms with Crippen LogP contribution in [0, 0.1) is 0 Å². The molecule has 1 atom stereocenters. The van der Waals surface area contributed by atoms with Gasteiger partial charge in [0.05, 0.1) is 6.04 Å². The third kappa shape index (κ3) is 3.04. The molecule has 0 radical (unpaired) electrons. The Morgan fingerprint density at radius 2 is 2.35 bits per heavy atom. The van der Waals surface area contributed by atoms with Crippen molar-refractivity contribution in [2.75, 3.05) is 7.05 Å². The molecular formula is C11H13N3O2S. The number of nitrogens with one attached hydrogen (secondary N) is 1. The van der Waals surface area contributed by atoms with Crippen molar-refractivity contribution >= 4 is 23.8 Å². The van der Waals surface area contributed by atoms with Crippen molar-refractivity contribution in [2.24, 2.45) is 0 Å². The lowest BCUT2D eigenvalue weighted by Gasteiger charge is -2.28. The summed E-state index contributed by atoms with van der Waals surface area (Å²) >= 11 is 1.45. The lowest BCUT2D eigenvalue weighted by Crippen LogP contribution is -2.49. The fourth-order valence-electron chi connectivity index (χ4n) is 1.66. The van der Waals surface area contributed by atoms with Crippen LogP contribution in [0.3, 0.4) is 0 Å². The second-order valence-corrected chi connectivity index (χ2v) is 5.02. The molecule has 0 spiro atoms. The fourth-order valence-corrected chi connectivity index (χ4v) is 2.57. The zero-order valence-corrected chi connectivity index (χ0v) is 10.2. The molecule has 1 fully saturated rings. The molecule has 1 N–H and O–H groups in total. The molecule has 0 aliphatic carbocycles. The number of piperidine rings is 1. The number of rotatable bonds is 3. The predicted molar refractivity (Wildman–Crippen MR) is 64.0 cm³/mol. The first-order valence-corrected chi connectivity index (χ1v) is 6.08. The van der Waals surface area contributed by atoms with Crippen molar-refractivity contribution in [1.29, 1.82) is 0 Å². The lowest BCUT2D eigenvalue weighted by atomic mass is 10.1. The van der Waals surface area contributed by atoms with Crippen LogP contribution in [0.1, 0.15) is 12.8 Å². The van der Waals surface area contributed by atoms with E-state index >= 15 is 0 Å². The smallest absolute Gasteiger partial charge is 0.244 e. The Bertz CT molecular complexity index is 424. The summed E-state index contributed by atoms with van der Waals surface area (Å²) in [6.45, 7) is 0. The van der Waals surface area contributed by atoms with Crippen LogP contribution < -0.4 is 5.32 Å². The van der Waals surface area contributed by atoms with Crippen molar-refractivity contribution in [3.63, 3.8) is 0 Å². The average Bonchev–Trinajstić information content (AvgIpc) is 2.30. The molecule has 2 amide bonds. The number of hydrogen-bond donors (Lipinski definition) is 1. The van der Waals surface area contributed by atoms with Gasteiger partial charge in [-0.25, -0.2) is 4.31 Å². The van der Waals surface area contributed by atoms with Gasteiger partial charge >= 0.3 is 0 Å². The van der Waals surface area contributed by atoms with Gasteiger partial charge in [0.2, 0.25) is 11.8 Å². The second kappa shape index (κ2) is 5.29. The van der Waals surface area contributed by atoms with Crippen LogP contribution in [0.2, 0.25) is 0 Å². The number of carbonyl (C=O) groups is 2. The summed E-state index contributed by atoms with van der Waals surface area (Å²) in [6.07, 6.45) is 4.41. The van der Waals surface area contributed by atoms with Crippen LogP contribution in [-0.2, 0) is 9.59 Å². The van der Waals surface area contributed by atoms with Gasteiger partial charge in [-0.15, -0.1) is 0 Å². The van der Waals surface area contributed by atoms with Crippen molar-refractivity contribution in [3.8, 4) is 0 Å². The number of nitrogens with zero attached hydrogens (tertiary/aromatic N) is 2. The Kier molecular flexibility index (Phi) is 3.75. The van der Waals surface area contributed by atoms with Crippen LogP contribution in [0.5, 0.6) is 0 Å². The van der Waals surface area contributed by atoms with Gasteiger partial charge in [-0.05, 0) is 37.5 Å². The molecule has 90 valence electrons. The Morgan fingerprint density at radius 3 is 3.00 bits per heavy atom. The van der Waals surface area contributed by atoms with E-state index in [4.69, 9.17) is 0 Å². The number of pyridine rings is 1. The molecule has 17 heavy (non-hydrogen) atoms. The molecule has 1 aliphatic rings. The first-order valence-electron chi connectivity index (χ1n) is 5.31. The average molecular weight is 251 g/mol. The number of hydrogen-bond acceptors (Lipinski definition) is 5. The first-order chi connectivity index (χ1) is 8.16. The van der Waals surface area contributed by atoms with Gasteiger partial charge in [0.1, 0.15) is 0 Å². The van der Waals surface area contributed by atoms with E-state index in [1.54, 1.807) is 12.4 Å². The normalized spacial score (nSPS) is 20.5. The number of carbonyl (C=O) groups excluding carboxylic acids is 2. The van der Waals surface area contributed by atoms with E-state index in [2.05, 4.69) is 10.3 Å². The highest BCUT2D eigenvalue weighted by Crippen LogP contribution is 2.24. The van der Waals surface area contributed by atoms with E-state index in [0.717, 1.165) is 4.90 Å². The molecule has 1 unspecified atom stereocenters. The molecule has 1 aromatic heterocycles. The largest absolute Gasteiger partial charge is 0.295 e. The molecule has 1 saturated heterocycles. The third-order valence-corrected chi connectivity index (χ3v) is 3.53. The van der Waals surface area contributed by atoms with Crippen molar-refractivity contribution in [2.45, 2.75) is 23.8 Å². The Morgan fingerprint density at radius 1 is 1.53 bits per heavy atom. The SMILES string of the molecule is CN(Sc1cccnc1)C1CCC(=O)NC1=O. The molecule has 0 aromatic carbocycles. The van der Waals surface area contributed by atoms with E-state index in [1.807, 2.05) is 23.5 Å². The van der Waals surface area contributed by atoms with Gasteiger partial charge in [-0.3, -0.25) is 19.9 Å². The van der Waals surface area contributed by atoms with Crippen molar-refractivity contribution in [1.82, 2.24) is 14.6 Å². The molecule has 2 rings (SSSR count). The standard InChI is InChI=1S/C11H13N3O2S/c1-14(17-8-3-2-6-12-7-8)9-4-5-10(15)13-11(9)16/h2-3,6-7,9H,4-5H2,1H3,(H,13,15,16). The van der Waals surface area contributed by atoms with E-state index < -0.39 is 0 Å². The maximum atomic E-state index is 11.6. The van der Waals surface area contributed by atoms with Gasteiger partial charge in [-0.1, -0.05) is 0 Å². The summed E-state index contributed by atoms with van der Waals surface area (Å²) in [6, 6.07) is 3.51. The third-order valence-electron chi connectivity index (χ3n) is 2.53. The number of imide groups is 1. The molecule has 2 heterocycles. The van der Waals surface area contributed by atoms with Gasteiger partial charge in [0.25, 0.3) is 0 Å². The maximum absolute atomic E-state index is 11.6. The topological polar surface area (TPSA) is 62.3 Å². The Balaban J connectivity index is 1.98. The highest BCUT2D eigenvalue weighted by atomic mass is 32.2. The highest BCUT2D eigenvalue weighted by Gasteiger charge is 2.30. The molecule has 6 heteroatoms. The maximum Gasteiger partial charge on any atom is 0.244 e. The van der Waals surface area contributed by atoms with E-state index in [9.17, 15) is 9.59 Å². The fraction of sp³-hybridized carbons (Fsp3) is 0.364. The zero-order chi connectivity index (χ0) is 12.3. The van der Waals surface area contributed by atoms with Crippen LogP contribution in [0.25, 0.3) is 0 Å². The van der Waals surface area contributed by atoms with Gasteiger partial charge in [-0.2, -0.15) is 0 Å². The van der Waals surface area contributed by atoms with Gasteiger partial charge < -0.3 is 0 Å². The molecular weight excluding hydrogens is 238 g/mol. The van der Waals surface area contributed by atoms with Gasteiger partial charge in [0.15, 0.2) is 0 Å². The van der Waals surface area contributed by atoms with E-state index in [-0.39, 0.29) is 17.9 Å². The highest BCUT2D eigenvalue weighted by molar-refractivity contribution is 7.97.